The fourth-order valence-electron chi connectivity index (χ4n) is 7.02. The van der Waals surface area contributed by atoms with E-state index < -0.39 is 15.8 Å². The zero-order valence-corrected chi connectivity index (χ0v) is 29.2. The van der Waals surface area contributed by atoms with Crippen molar-refractivity contribution in [3.8, 4) is 0 Å². The third-order valence-corrected chi connectivity index (χ3v) is 14.5. The molecule has 2 nitrogen and oxygen atoms in total. The Labute approximate surface area is 289 Å². The van der Waals surface area contributed by atoms with Crippen molar-refractivity contribution in [2.24, 2.45) is 0 Å². The van der Waals surface area contributed by atoms with Gasteiger partial charge in [-0.2, -0.15) is 0 Å². The minimum atomic E-state index is -0.646. The summed E-state index contributed by atoms with van der Waals surface area (Å²) in [4.78, 5) is 0. The van der Waals surface area contributed by atoms with Crippen molar-refractivity contribution in [2.45, 2.75) is 50.9 Å². The van der Waals surface area contributed by atoms with Crippen LogP contribution in [0.15, 0.2) is 170 Å². The van der Waals surface area contributed by atoms with Crippen LogP contribution in [0.1, 0.15) is 36.8 Å². The molecule has 1 fully saturated rings. The van der Waals surface area contributed by atoms with Crippen molar-refractivity contribution in [3.63, 3.8) is 0 Å². The number of nitrogens with one attached hydrogen (secondary N) is 2. The Balaban J connectivity index is 1.10. The van der Waals surface area contributed by atoms with E-state index in [0.29, 0.717) is 12.1 Å². The molecule has 2 atom stereocenters. The molecule has 7 rings (SSSR count). The van der Waals surface area contributed by atoms with Crippen molar-refractivity contribution < 1.29 is 0 Å². The summed E-state index contributed by atoms with van der Waals surface area (Å²) in [6, 6.07) is 63.3. The first-order valence-electron chi connectivity index (χ1n) is 17.3. The van der Waals surface area contributed by atoms with Crippen molar-refractivity contribution in [1.82, 2.24) is 10.6 Å². The topological polar surface area (TPSA) is 24.1 Å². The summed E-state index contributed by atoms with van der Waals surface area (Å²) < 4.78 is 0. The van der Waals surface area contributed by atoms with Crippen molar-refractivity contribution >= 4 is 47.7 Å². The van der Waals surface area contributed by atoms with Gasteiger partial charge in [-0.25, -0.2) is 0 Å². The van der Waals surface area contributed by atoms with Crippen LogP contribution in [0.5, 0.6) is 0 Å². The van der Waals surface area contributed by atoms with Gasteiger partial charge in [0.2, 0.25) is 0 Å². The Hall–Kier alpha value is -3.90. The molecule has 0 radical (unpaired) electrons. The lowest BCUT2D eigenvalue weighted by Crippen LogP contribution is -2.49. The van der Waals surface area contributed by atoms with Gasteiger partial charge in [-0.1, -0.05) is 183 Å². The van der Waals surface area contributed by atoms with Gasteiger partial charge in [0.25, 0.3) is 0 Å². The van der Waals surface area contributed by atoms with Crippen molar-refractivity contribution in [2.75, 3.05) is 0 Å². The molecular formula is C44H44N2P2. The third-order valence-electron chi connectivity index (χ3n) is 9.40. The fourth-order valence-corrected chi connectivity index (χ4v) is 12.0. The summed E-state index contributed by atoms with van der Waals surface area (Å²) in [6.45, 7) is 1.75. The molecule has 1 unspecified atom stereocenters. The summed E-state index contributed by atoms with van der Waals surface area (Å²) >= 11 is 0. The lowest BCUT2D eigenvalue weighted by Gasteiger charge is -2.34. The van der Waals surface area contributed by atoms with Gasteiger partial charge in [-0.15, -0.1) is 0 Å². The van der Waals surface area contributed by atoms with E-state index >= 15 is 0 Å². The Bertz CT molecular complexity index is 1630. The molecule has 4 heteroatoms. The molecule has 0 bridgehead atoms. The van der Waals surface area contributed by atoms with Gasteiger partial charge in [0.05, 0.1) is 0 Å². The van der Waals surface area contributed by atoms with Crippen LogP contribution >= 0.6 is 15.8 Å². The van der Waals surface area contributed by atoms with E-state index in [-0.39, 0.29) is 0 Å². The fraction of sp³-hybridized carbons (Fsp3) is 0.182. The number of rotatable bonds is 12. The number of benzene rings is 6. The lowest BCUT2D eigenvalue weighted by molar-refractivity contribution is 0.281. The van der Waals surface area contributed by atoms with Crippen LogP contribution in [0.2, 0.25) is 0 Å². The van der Waals surface area contributed by atoms with Gasteiger partial charge >= 0.3 is 0 Å². The van der Waals surface area contributed by atoms with E-state index in [1.54, 1.807) is 0 Å². The van der Waals surface area contributed by atoms with E-state index in [0.717, 1.165) is 13.1 Å². The van der Waals surface area contributed by atoms with Crippen molar-refractivity contribution in [3.05, 3.63) is 181 Å². The predicted molar refractivity (Wildman–Crippen MR) is 210 cm³/mol. The Morgan fingerprint density at radius 3 is 1.00 bits per heavy atom. The lowest BCUT2D eigenvalue weighted by atomic mass is 9.90. The molecule has 0 saturated heterocycles. The molecule has 2 N–H and O–H groups in total. The summed E-state index contributed by atoms with van der Waals surface area (Å²) in [7, 11) is -1.29. The Morgan fingerprint density at radius 1 is 0.375 bits per heavy atom. The average molecular weight is 663 g/mol. The highest BCUT2D eigenvalue weighted by Crippen LogP contribution is 2.35. The quantitative estimate of drug-likeness (QED) is 0.134. The monoisotopic (exact) mass is 662 g/mol. The molecule has 48 heavy (non-hydrogen) atoms. The number of hydrogen-bond acceptors (Lipinski definition) is 2. The Morgan fingerprint density at radius 2 is 0.667 bits per heavy atom. The molecule has 1 aliphatic rings. The van der Waals surface area contributed by atoms with Gasteiger partial charge in [0.1, 0.15) is 0 Å². The van der Waals surface area contributed by atoms with Crippen LogP contribution in [-0.4, -0.2) is 12.1 Å². The van der Waals surface area contributed by atoms with Gasteiger partial charge in [-0.05, 0) is 71.6 Å². The van der Waals surface area contributed by atoms with Gasteiger partial charge in [0, 0.05) is 25.2 Å². The van der Waals surface area contributed by atoms with Crippen LogP contribution in [0, 0.1) is 0 Å². The first kappa shape index (κ1) is 32.6. The second-order valence-electron chi connectivity index (χ2n) is 12.5. The maximum Gasteiger partial charge on any atom is 0.0224 e. The van der Waals surface area contributed by atoms with Crippen LogP contribution in [0.4, 0.5) is 0 Å². The molecule has 6 aromatic rings. The normalized spacial score (nSPS) is 16.3. The van der Waals surface area contributed by atoms with E-state index in [9.17, 15) is 0 Å². The van der Waals surface area contributed by atoms with Crippen LogP contribution < -0.4 is 42.5 Å². The predicted octanol–water partition coefficient (Wildman–Crippen LogP) is 7.39. The molecule has 240 valence electrons. The molecule has 1 saturated carbocycles. The van der Waals surface area contributed by atoms with Crippen LogP contribution in [-0.2, 0) is 13.1 Å². The Kier molecular flexibility index (Phi) is 11.2. The van der Waals surface area contributed by atoms with Crippen LogP contribution in [0.3, 0.4) is 0 Å². The van der Waals surface area contributed by atoms with E-state index in [2.05, 4.69) is 180 Å². The molecule has 0 aliphatic heterocycles. The third kappa shape index (κ3) is 7.86. The summed E-state index contributed by atoms with van der Waals surface area (Å²) in [5, 5.41) is 16.6. The zero-order valence-electron chi connectivity index (χ0n) is 27.5. The molecule has 0 amide bonds. The second-order valence-corrected chi connectivity index (χ2v) is 16.9. The maximum atomic E-state index is 4.06. The van der Waals surface area contributed by atoms with Gasteiger partial charge in [-0.3, -0.25) is 0 Å². The SMILES string of the molecule is c1ccc(P(c2ccccc2)c2ccccc2CNC2CCCC[C@H]2NCc2ccccc2P(c2ccccc2)c2ccccc2)cc1. The summed E-state index contributed by atoms with van der Waals surface area (Å²) in [5.41, 5.74) is 2.81. The molecule has 0 spiro atoms. The van der Waals surface area contributed by atoms with Crippen molar-refractivity contribution in [1.29, 1.82) is 0 Å². The average Bonchev–Trinajstić information content (AvgIpc) is 3.16. The van der Waals surface area contributed by atoms with E-state index in [1.165, 1.54) is 68.6 Å². The zero-order chi connectivity index (χ0) is 32.4. The highest BCUT2D eigenvalue weighted by atomic mass is 31.1. The smallest absolute Gasteiger partial charge is 0.0224 e. The highest BCUT2D eigenvalue weighted by Gasteiger charge is 2.27. The largest absolute Gasteiger partial charge is 0.308 e. The standard InChI is InChI=1S/C44H44N2P2/c1-5-21-37(22-6-1)47(38-23-7-2-8-24-38)43-31-17-13-19-35(43)33-45-41-29-15-16-30-42(41)46-34-36-20-14-18-32-44(36)48(39-25-9-3-10-26-39)40-27-11-4-12-28-40/h1-14,17-28,31-32,41-42,45-46H,15-16,29-30,33-34H2/t41-,42?/m1/s1. The molecule has 0 heterocycles. The second kappa shape index (κ2) is 16.5. The first-order valence-corrected chi connectivity index (χ1v) is 20.0. The molecule has 0 aromatic heterocycles. The van der Waals surface area contributed by atoms with E-state index in [4.69, 9.17) is 0 Å². The number of hydrogen-bond donors (Lipinski definition) is 2. The first-order chi connectivity index (χ1) is 23.8. The maximum absolute atomic E-state index is 4.06. The minimum absolute atomic E-state index is 0.434. The summed E-state index contributed by atoms with van der Waals surface area (Å²) in [6.07, 6.45) is 4.97. The minimum Gasteiger partial charge on any atom is -0.308 e. The van der Waals surface area contributed by atoms with Gasteiger partial charge < -0.3 is 10.6 Å². The highest BCUT2D eigenvalue weighted by molar-refractivity contribution is 7.80. The molecular weight excluding hydrogens is 618 g/mol. The molecule has 6 aromatic carbocycles. The van der Waals surface area contributed by atoms with Gasteiger partial charge in [0.15, 0.2) is 0 Å². The molecule has 1 aliphatic carbocycles. The van der Waals surface area contributed by atoms with E-state index in [1.807, 2.05) is 0 Å². The summed E-state index contributed by atoms with van der Waals surface area (Å²) in [5.74, 6) is 0. The van der Waals surface area contributed by atoms with Crippen LogP contribution in [0.25, 0.3) is 0 Å².